The molecule has 0 bridgehead atoms. The van der Waals surface area contributed by atoms with E-state index in [-0.39, 0.29) is 133 Å². The van der Waals surface area contributed by atoms with Crippen molar-refractivity contribution in [1.82, 2.24) is 52.6 Å². The summed E-state index contributed by atoms with van der Waals surface area (Å²) in [5.74, 6) is -12.9. The van der Waals surface area contributed by atoms with Gasteiger partial charge in [-0.15, -0.1) is 0 Å². The predicted molar refractivity (Wildman–Crippen MR) is 318 cm³/mol. The van der Waals surface area contributed by atoms with Gasteiger partial charge in [0.1, 0.15) is 42.3 Å². The molecule has 93 heavy (non-hydrogen) atoms. The lowest BCUT2D eigenvalue weighted by Crippen LogP contribution is -2.60. The molecule has 0 saturated carbocycles. The number of phenols is 2. The third kappa shape index (κ3) is 26.9. The van der Waals surface area contributed by atoms with Crippen LogP contribution in [0.15, 0.2) is 47.5 Å². The van der Waals surface area contributed by atoms with E-state index < -0.39 is 152 Å². The lowest BCUT2D eigenvalue weighted by atomic mass is 9.92. The van der Waals surface area contributed by atoms with E-state index in [1.165, 1.54) is 30.3 Å². The Hall–Kier alpha value is -9.10. The van der Waals surface area contributed by atoms with Crippen molar-refractivity contribution in [1.29, 1.82) is 0 Å². The Labute approximate surface area is 532 Å². The van der Waals surface area contributed by atoms with Crippen LogP contribution in [0.1, 0.15) is 105 Å². The molecule has 1 fully saturated rings. The van der Waals surface area contributed by atoms with Crippen LogP contribution in [0.2, 0.25) is 0 Å². The van der Waals surface area contributed by atoms with Crippen molar-refractivity contribution >= 4 is 83.4 Å². The number of nitrogens with one attached hydrogen (secondary N) is 7. The van der Waals surface area contributed by atoms with Crippen LogP contribution in [0.3, 0.4) is 0 Å². The number of aromatic hydroxyl groups is 2. The van der Waals surface area contributed by atoms with Crippen LogP contribution >= 0.6 is 0 Å². The number of Topliss-reactive ketones (excluding diaryl/α,β-unsaturated/α-hetero) is 3. The van der Waals surface area contributed by atoms with E-state index in [4.69, 9.17) is 20.2 Å². The average Bonchev–Trinajstić information content (AvgIpc) is 1.97. The number of aliphatic hydroxyl groups excluding tert-OH is 3. The molecule has 0 spiro atoms. The lowest BCUT2D eigenvalue weighted by molar-refractivity contribution is -0.153. The number of ether oxygens (including phenoxy) is 1. The van der Waals surface area contributed by atoms with Crippen molar-refractivity contribution in [2.24, 2.45) is 22.7 Å². The van der Waals surface area contributed by atoms with Crippen molar-refractivity contribution < 1.29 is 118 Å². The number of aliphatic carboxylic acids is 2. The highest BCUT2D eigenvalue weighted by Gasteiger charge is 2.39. The number of ketones is 3. The van der Waals surface area contributed by atoms with Gasteiger partial charge in [-0.25, -0.2) is 26.0 Å². The third-order valence-corrected chi connectivity index (χ3v) is 14.6. The molecular weight excluding hydrogens is 1230 g/mol. The number of carbonyl (C=O) groups is 13. The normalized spacial score (nSPS) is 16.1. The second-order valence-corrected chi connectivity index (χ2v) is 21.6. The van der Waals surface area contributed by atoms with Crippen molar-refractivity contribution in [2.75, 3.05) is 65.7 Å². The van der Waals surface area contributed by atoms with Gasteiger partial charge in [-0.3, -0.25) is 77.8 Å². The molecule has 4 rings (SSSR count). The summed E-state index contributed by atoms with van der Waals surface area (Å²) in [6.07, 6.45) is -0.935. The van der Waals surface area contributed by atoms with Crippen molar-refractivity contribution in [3.63, 3.8) is 0 Å². The molecule has 35 heteroatoms. The second-order valence-electron chi connectivity index (χ2n) is 21.6. The predicted octanol–water partition coefficient (Wildman–Crippen LogP) is -3.30. The smallest absolute Gasteiger partial charge is 0.305 e. The first-order chi connectivity index (χ1) is 44.3. The first-order valence-electron chi connectivity index (χ1n) is 29.7. The van der Waals surface area contributed by atoms with Crippen LogP contribution < -0.4 is 37.5 Å². The van der Waals surface area contributed by atoms with Gasteiger partial charge in [0.15, 0.2) is 23.4 Å². The van der Waals surface area contributed by atoms with Gasteiger partial charge < -0.3 is 72.3 Å². The summed E-state index contributed by atoms with van der Waals surface area (Å²) in [7, 11) is 0. The molecule has 0 radical (unpaired) electrons. The van der Waals surface area contributed by atoms with E-state index in [1.54, 1.807) is 19.1 Å². The fourth-order valence-corrected chi connectivity index (χ4v) is 9.47. The number of amides is 8. The Morgan fingerprint density at radius 2 is 1.26 bits per heavy atom. The van der Waals surface area contributed by atoms with E-state index in [9.17, 15) is 98.3 Å². The number of para-hydroxylation sites is 1. The Balaban J connectivity index is 0.000000485. The first kappa shape index (κ1) is 78.1. The van der Waals surface area contributed by atoms with Gasteiger partial charge in [-0.05, 0) is 82.6 Å². The highest BCUT2D eigenvalue weighted by molar-refractivity contribution is 6.03. The summed E-state index contributed by atoms with van der Waals surface area (Å²) < 4.78 is 5.50. The third-order valence-electron chi connectivity index (χ3n) is 14.6. The fraction of sp³-hybridized carbons (Fsp3) is 0.552. The standard InChI is InChI=1S/C29H40N6O11.C29H43N5O13/c1-17-6-7-23(38)19(12-17)28-33-21(15-46-28)26(42)32-20(14-36)24(39)13-18(4-3-11-34(45)16-37)29(44)35-22(5-2-9-31-35)27(43)30-10-8-25(40)41;35-15-19(14-24(39)20-6-1-2-8-23(20)38)28(44)33-22(16-36)25(40)13-18(5-4-12-34(47)17-37)27(43)32-21(7-3-10-31-46)29(45)30-11-9-26(41)42/h6-7,12,16,18,20-22,31,36,38,45H,2-5,8-11,13-15H2,1H3,(H,30,43)(H,32,42)(H,40,41);1-2,6,8,17-19,21-22,31,35-36,38,46-47H,3-5,7,9-16H2,(H,30,45)(H,32,43)(H,33,44)(H,41,42). The van der Waals surface area contributed by atoms with E-state index in [1.807, 2.05) is 5.48 Å². The van der Waals surface area contributed by atoms with E-state index >= 15 is 0 Å². The Morgan fingerprint density at radius 1 is 0.677 bits per heavy atom. The minimum atomic E-state index is -1.57. The quantitative estimate of drug-likeness (QED) is 0.0102. The Morgan fingerprint density at radius 3 is 1.85 bits per heavy atom. The van der Waals surface area contributed by atoms with Gasteiger partial charge in [0.25, 0.3) is 0 Å². The molecule has 2 heterocycles. The van der Waals surface area contributed by atoms with Crippen molar-refractivity contribution in [2.45, 2.75) is 121 Å². The summed E-state index contributed by atoms with van der Waals surface area (Å²) in [5, 5.41) is 109. The van der Waals surface area contributed by atoms with Crippen LogP contribution in [-0.2, 0) is 62.3 Å². The van der Waals surface area contributed by atoms with Gasteiger partial charge in [-0.2, -0.15) is 0 Å². The first-order valence-corrected chi connectivity index (χ1v) is 29.7. The van der Waals surface area contributed by atoms with Gasteiger partial charge in [-0.1, -0.05) is 23.8 Å². The zero-order chi connectivity index (χ0) is 69.2. The van der Waals surface area contributed by atoms with E-state index in [0.29, 0.717) is 28.7 Å². The number of hydroxylamine groups is 5. The number of carbonyl (C=O) groups excluding carboxylic acids is 11. The number of aliphatic hydroxyl groups is 3. The van der Waals surface area contributed by atoms with Crippen LogP contribution in [-0.4, -0.2) is 246 Å². The highest BCUT2D eigenvalue weighted by atomic mass is 16.5. The number of carboxylic acid groups (broad SMARTS) is 2. The number of aliphatic imine (C=N–C) groups is 1. The molecule has 8 amide bonds. The fourth-order valence-electron chi connectivity index (χ4n) is 9.47. The molecule has 2 aromatic carbocycles. The van der Waals surface area contributed by atoms with Crippen LogP contribution in [0.4, 0.5) is 0 Å². The number of rotatable bonds is 42. The molecule has 0 aliphatic carbocycles. The molecule has 1 saturated heterocycles. The maximum Gasteiger partial charge on any atom is 0.305 e. The van der Waals surface area contributed by atoms with Crippen LogP contribution in [0.25, 0.3) is 0 Å². The van der Waals surface area contributed by atoms with Crippen LogP contribution in [0.5, 0.6) is 11.5 Å². The molecule has 2 aliphatic heterocycles. The number of aryl methyl sites for hydroxylation is 1. The maximum absolute atomic E-state index is 13.7. The SMILES string of the molecule is Cc1ccc(O)c(C2=NC(C(=O)NC(CO)C(=O)CC(CCCN(O)C=O)C(=O)N3NCCCC3C(=O)NCCC(=O)O)CO2)c1.O=CN(O)CCCC(CC(=O)C(CO)NC(=O)C(CO)CC(=O)c1ccccc1O)C(=O)NC(CCCNO)C(=O)NCCC(=O)O. The maximum atomic E-state index is 13.7. The molecule has 17 N–H and O–H groups in total. The minimum absolute atomic E-state index is 0.00277. The number of benzene rings is 2. The van der Waals surface area contributed by atoms with Crippen LogP contribution in [0, 0.1) is 24.7 Å². The molecular formula is C58H83N11O24. The molecule has 8 atom stereocenters. The van der Waals surface area contributed by atoms with Crippen molar-refractivity contribution in [3.05, 3.63) is 59.2 Å². The van der Waals surface area contributed by atoms with Gasteiger partial charge >= 0.3 is 11.9 Å². The highest BCUT2D eigenvalue weighted by Crippen LogP contribution is 2.25. The number of hydrazine groups is 1. The molecule has 35 nitrogen and oxygen atoms in total. The second kappa shape index (κ2) is 41.4. The van der Waals surface area contributed by atoms with Gasteiger partial charge in [0.05, 0.1) is 49.7 Å². The summed E-state index contributed by atoms with van der Waals surface area (Å²) in [6.45, 7) is -1.22. The minimum Gasteiger partial charge on any atom is -0.507 e. The molecule has 0 aromatic heterocycles. The summed E-state index contributed by atoms with van der Waals surface area (Å²) in [5.41, 5.74) is 5.81. The van der Waals surface area contributed by atoms with Gasteiger partial charge in [0.2, 0.25) is 54.2 Å². The molecule has 2 aromatic rings. The number of phenolic OH excluding ortho intramolecular Hbond substituents is 2. The van der Waals surface area contributed by atoms with E-state index in [2.05, 4.69) is 37.0 Å². The average molecular weight is 1320 g/mol. The largest absolute Gasteiger partial charge is 0.507 e. The van der Waals surface area contributed by atoms with E-state index in [0.717, 1.165) is 10.6 Å². The van der Waals surface area contributed by atoms with Crippen molar-refractivity contribution in [3.8, 4) is 11.5 Å². The Kier molecular flexibility index (Phi) is 34.8. The number of carboxylic acids is 2. The number of hydrogen-bond acceptors (Lipinski definition) is 25. The molecule has 2 aliphatic rings. The summed E-state index contributed by atoms with van der Waals surface area (Å²) in [4.78, 5) is 165. The zero-order valence-electron chi connectivity index (χ0n) is 51.1. The summed E-state index contributed by atoms with van der Waals surface area (Å²) in [6, 6.07) is 4.11. The van der Waals surface area contributed by atoms with Gasteiger partial charge in [0, 0.05) is 70.4 Å². The summed E-state index contributed by atoms with van der Waals surface area (Å²) >= 11 is 0. The zero-order valence-corrected chi connectivity index (χ0v) is 51.1. The Bertz CT molecular complexity index is 2920. The number of nitrogens with zero attached hydrogens (tertiary/aromatic N) is 4. The molecule has 8 unspecified atom stereocenters. The monoisotopic (exact) mass is 1320 g/mol. The number of hydrogen-bond donors (Lipinski definition) is 17. The topological polar surface area (TPSA) is 540 Å². The molecule has 514 valence electrons. The lowest BCUT2D eigenvalue weighted by Gasteiger charge is -2.37.